The smallest absolute Gasteiger partial charge is 0.416 e. The van der Waals surface area contributed by atoms with E-state index < -0.39 is 11.7 Å². The molecule has 38 heavy (non-hydrogen) atoms. The monoisotopic (exact) mass is 524 g/mol. The summed E-state index contributed by atoms with van der Waals surface area (Å²) < 4.78 is 53.1. The third-order valence-corrected chi connectivity index (χ3v) is 7.26. The predicted molar refractivity (Wildman–Crippen MR) is 135 cm³/mol. The summed E-state index contributed by atoms with van der Waals surface area (Å²) >= 11 is 0. The molecule has 0 aliphatic carbocycles. The van der Waals surface area contributed by atoms with E-state index in [4.69, 9.17) is 9.47 Å². The molecule has 2 aliphatic heterocycles. The Labute approximate surface area is 217 Å². The first kappa shape index (κ1) is 24.6. The van der Waals surface area contributed by atoms with Crippen LogP contribution in [-0.2, 0) is 10.9 Å². The number of alkyl halides is 3. The highest BCUT2D eigenvalue weighted by molar-refractivity contribution is 5.75. The molecule has 2 bridgehead atoms. The Hall–Kier alpha value is -3.70. The fourth-order valence-electron chi connectivity index (χ4n) is 5.22. The Morgan fingerprint density at radius 1 is 1.03 bits per heavy atom. The van der Waals surface area contributed by atoms with Gasteiger partial charge in [0.15, 0.2) is 5.82 Å². The van der Waals surface area contributed by atoms with E-state index >= 15 is 0 Å². The van der Waals surface area contributed by atoms with E-state index in [2.05, 4.69) is 32.3 Å². The largest absolute Gasteiger partial charge is 0.488 e. The van der Waals surface area contributed by atoms with Crippen molar-refractivity contribution in [3.05, 3.63) is 66.2 Å². The Kier molecular flexibility index (Phi) is 6.19. The molecule has 2 fully saturated rings. The number of fused-ring (bicyclic) bond motifs is 3. The fourth-order valence-corrected chi connectivity index (χ4v) is 5.22. The van der Waals surface area contributed by atoms with Crippen LogP contribution in [0.2, 0.25) is 0 Å². The number of morpholine rings is 1. The molecule has 8 nitrogen and oxygen atoms in total. The molecule has 6 heterocycles. The summed E-state index contributed by atoms with van der Waals surface area (Å²) in [6.45, 7) is 3.37. The lowest BCUT2D eigenvalue weighted by Gasteiger charge is -2.46. The Bertz CT molecular complexity index is 1460. The summed E-state index contributed by atoms with van der Waals surface area (Å²) in [6, 6.07) is 10.2. The molecule has 2 aliphatic rings. The molecule has 2 saturated heterocycles. The second kappa shape index (κ2) is 9.55. The maximum atomic E-state index is 13.1. The van der Waals surface area contributed by atoms with Crippen LogP contribution in [0.25, 0.3) is 16.6 Å². The topological polar surface area (TPSA) is 76.8 Å². The highest BCUT2D eigenvalue weighted by Crippen LogP contribution is 2.35. The van der Waals surface area contributed by atoms with E-state index in [0.29, 0.717) is 17.9 Å². The van der Waals surface area contributed by atoms with Crippen molar-refractivity contribution in [1.82, 2.24) is 24.5 Å². The van der Waals surface area contributed by atoms with Crippen molar-refractivity contribution in [2.24, 2.45) is 0 Å². The molecule has 4 aromatic heterocycles. The molecule has 11 heteroatoms. The number of rotatable bonds is 5. The first-order valence-corrected chi connectivity index (χ1v) is 12.5. The van der Waals surface area contributed by atoms with Crippen LogP contribution >= 0.6 is 0 Å². The highest BCUT2D eigenvalue weighted by atomic mass is 19.4. The summed E-state index contributed by atoms with van der Waals surface area (Å²) in [5.74, 6) is 1.17. The number of piperidine rings is 1. The average molecular weight is 525 g/mol. The van der Waals surface area contributed by atoms with Gasteiger partial charge in [0.05, 0.1) is 30.5 Å². The number of halogens is 3. The van der Waals surface area contributed by atoms with Crippen LogP contribution in [0, 0.1) is 6.92 Å². The SMILES string of the molecule is Cc1cc(-c2ccn3nc(Nc4cc(C(F)(F)F)ccn4)cc3c2)c(O[C@H]2C[C@H]3COC[C@@H](C2)N3C)cn1. The second-order valence-electron chi connectivity index (χ2n) is 9.91. The molecule has 3 atom stereocenters. The minimum Gasteiger partial charge on any atom is -0.488 e. The summed E-state index contributed by atoms with van der Waals surface area (Å²) in [6.07, 6.45) is 2.12. The summed E-state index contributed by atoms with van der Waals surface area (Å²) in [5, 5.41) is 7.30. The van der Waals surface area contributed by atoms with Crippen molar-refractivity contribution in [2.75, 3.05) is 25.6 Å². The van der Waals surface area contributed by atoms with Gasteiger partial charge in [0, 0.05) is 54.6 Å². The van der Waals surface area contributed by atoms with E-state index in [1.807, 2.05) is 31.3 Å². The zero-order valence-corrected chi connectivity index (χ0v) is 20.9. The van der Waals surface area contributed by atoms with Crippen molar-refractivity contribution >= 4 is 17.2 Å². The normalized spacial score (nSPS) is 22.0. The minimum absolute atomic E-state index is 0.0668. The molecule has 0 spiro atoms. The van der Waals surface area contributed by atoms with Crippen LogP contribution in [-0.4, -0.2) is 62.9 Å². The maximum Gasteiger partial charge on any atom is 0.416 e. The van der Waals surface area contributed by atoms with Gasteiger partial charge in [-0.15, -0.1) is 0 Å². The molecule has 198 valence electrons. The van der Waals surface area contributed by atoms with Crippen molar-refractivity contribution in [1.29, 1.82) is 0 Å². The third-order valence-electron chi connectivity index (χ3n) is 7.26. The van der Waals surface area contributed by atoms with Crippen LogP contribution in [0.4, 0.5) is 24.8 Å². The Morgan fingerprint density at radius 2 is 1.82 bits per heavy atom. The van der Waals surface area contributed by atoms with E-state index in [-0.39, 0.29) is 11.9 Å². The van der Waals surface area contributed by atoms with Gasteiger partial charge < -0.3 is 14.8 Å². The molecule has 0 saturated carbocycles. The molecule has 0 amide bonds. The lowest BCUT2D eigenvalue weighted by Crippen LogP contribution is -2.57. The van der Waals surface area contributed by atoms with Crippen molar-refractivity contribution < 1.29 is 22.6 Å². The van der Waals surface area contributed by atoms with Gasteiger partial charge in [-0.2, -0.15) is 18.3 Å². The number of anilines is 2. The van der Waals surface area contributed by atoms with Gasteiger partial charge in [0.25, 0.3) is 0 Å². The number of hydrogen-bond donors (Lipinski definition) is 1. The van der Waals surface area contributed by atoms with Crippen molar-refractivity contribution in [3.8, 4) is 16.9 Å². The predicted octanol–water partition coefficient (Wildman–Crippen LogP) is 5.10. The Balaban J connectivity index is 1.26. The lowest BCUT2D eigenvalue weighted by molar-refractivity contribution is -0.137. The van der Waals surface area contributed by atoms with Crippen LogP contribution in [0.1, 0.15) is 24.1 Å². The molecule has 0 aromatic carbocycles. The first-order valence-electron chi connectivity index (χ1n) is 12.5. The molecule has 0 unspecified atom stereocenters. The molecular formula is C27H27F3N6O2. The third kappa shape index (κ3) is 4.91. The van der Waals surface area contributed by atoms with Gasteiger partial charge in [0.2, 0.25) is 0 Å². The van der Waals surface area contributed by atoms with Gasteiger partial charge in [-0.1, -0.05) is 0 Å². The van der Waals surface area contributed by atoms with Gasteiger partial charge in [-0.25, -0.2) is 9.50 Å². The molecule has 0 radical (unpaired) electrons. The molecule has 1 N–H and O–H groups in total. The average Bonchev–Trinajstić information content (AvgIpc) is 3.27. The van der Waals surface area contributed by atoms with E-state index in [1.165, 1.54) is 0 Å². The molecular weight excluding hydrogens is 497 g/mol. The number of aromatic nitrogens is 4. The number of nitrogens with zero attached hydrogens (tertiary/aromatic N) is 5. The fraction of sp³-hybridized carbons (Fsp3) is 0.370. The number of pyridine rings is 3. The quantitative estimate of drug-likeness (QED) is 0.389. The number of likely N-dealkylation sites (N-methyl/N-ethyl adjacent to an activating group) is 1. The van der Waals surface area contributed by atoms with Crippen molar-refractivity contribution in [3.63, 3.8) is 0 Å². The first-order chi connectivity index (χ1) is 18.2. The number of hydrogen-bond acceptors (Lipinski definition) is 7. The van der Waals surface area contributed by atoms with E-state index in [1.54, 1.807) is 16.8 Å². The van der Waals surface area contributed by atoms with E-state index in [0.717, 1.165) is 72.5 Å². The lowest BCUT2D eigenvalue weighted by atomic mass is 9.92. The zero-order valence-electron chi connectivity index (χ0n) is 20.9. The number of nitrogens with one attached hydrogen (secondary N) is 1. The van der Waals surface area contributed by atoms with Gasteiger partial charge in [-0.05, 0) is 49.9 Å². The van der Waals surface area contributed by atoms with E-state index in [9.17, 15) is 13.2 Å². The number of aryl methyl sites for hydroxylation is 1. The maximum absolute atomic E-state index is 13.1. The molecule has 6 rings (SSSR count). The minimum atomic E-state index is -4.45. The second-order valence-corrected chi connectivity index (χ2v) is 9.91. The van der Waals surface area contributed by atoms with Crippen LogP contribution < -0.4 is 10.1 Å². The van der Waals surface area contributed by atoms with Crippen molar-refractivity contribution in [2.45, 2.75) is 44.1 Å². The van der Waals surface area contributed by atoms with Gasteiger partial charge in [0.1, 0.15) is 17.7 Å². The number of ether oxygens (including phenoxy) is 2. The summed E-state index contributed by atoms with van der Waals surface area (Å²) in [5.41, 5.74) is 2.71. The standard InChI is InChI=1S/C27H27F3N6O2/c1-16-7-23(24(13-32-16)38-22-10-20-14-37-15-21(11-22)35(20)2)17-4-6-36-19(8-17)12-26(34-36)33-25-9-18(3-5-31-25)27(28,29)30/h3-9,12-13,20-22H,10-11,14-15H2,1-2H3,(H,31,33,34)/t20-,21+,22-. The van der Waals surface area contributed by atoms with Crippen LogP contribution in [0.3, 0.4) is 0 Å². The van der Waals surface area contributed by atoms with Crippen LogP contribution in [0.15, 0.2) is 55.0 Å². The summed E-state index contributed by atoms with van der Waals surface area (Å²) in [4.78, 5) is 10.9. The van der Waals surface area contributed by atoms with Crippen LogP contribution in [0.5, 0.6) is 5.75 Å². The zero-order chi connectivity index (χ0) is 26.4. The highest BCUT2D eigenvalue weighted by Gasteiger charge is 2.38. The van der Waals surface area contributed by atoms with Gasteiger partial charge >= 0.3 is 6.18 Å². The summed E-state index contributed by atoms with van der Waals surface area (Å²) in [7, 11) is 2.15. The molecule has 4 aromatic rings. The Morgan fingerprint density at radius 3 is 2.58 bits per heavy atom. The van der Waals surface area contributed by atoms with Gasteiger partial charge in [-0.3, -0.25) is 9.88 Å².